The lowest BCUT2D eigenvalue weighted by Crippen LogP contribution is -2.36. The second kappa shape index (κ2) is 5.42. The molecule has 2 aromatic rings. The van der Waals surface area contributed by atoms with Crippen molar-refractivity contribution >= 4 is 5.97 Å². The molecular weight excluding hydrogens is 258 g/mol. The Morgan fingerprint density at radius 1 is 1.45 bits per heavy atom. The van der Waals surface area contributed by atoms with Gasteiger partial charge in [-0.05, 0) is 38.5 Å². The van der Waals surface area contributed by atoms with Gasteiger partial charge >= 0.3 is 5.97 Å². The van der Waals surface area contributed by atoms with Gasteiger partial charge in [0.25, 0.3) is 0 Å². The summed E-state index contributed by atoms with van der Waals surface area (Å²) in [6, 6.07) is 6.81. The third-order valence-corrected chi connectivity index (χ3v) is 2.97. The molecule has 1 aromatic carbocycles. The van der Waals surface area contributed by atoms with E-state index in [-0.39, 0.29) is 5.56 Å². The molecule has 0 fully saturated rings. The minimum absolute atomic E-state index is 0.274. The van der Waals surface area contributed by atoms with Crippen molar-refractivity contribution in [2.24, 2.45) is 0 Å². The molecule has 2 rings (SSSR count). The van der Waals surface area contributed by atoms with Crippen molar-refractivity contribution in [1.82, 2.24) is 15.5 Å². The lowest BCUT2D eigenvalue weighted by Gasteiger charge is -2.21. The molecule has 0 saturated heterocycles. The number of nitrogens with zero attached hydrogens (tertiary/aromatic N) is 2. The fraction of sp³-hybridized carbons (Fsp3) is 0.357. The molecule has 0 bridgehead atoms. The zero-order valence-electron chi connectivity index (χ0n) is 11.7. The van der Waals surface area contributed by atoms with Crippen LogP contribution >= 0.6 is 0 Å². The van der Waals surface area contributed by atoms with Crippen molar-refractivity contribution in [3.05, 3.63) is 47.1 Å². The standard InChI is InChI=1S/C14H17N3O3/c1-9-16-13(20-17-9)14(2,3)15-8-10-5-4-6-11(7-10)12(18)19/h4-7,15H,8H2,1-3H3,(H,18,19). The van der Waals surface area contributed by atoms with Gasteiger partial charge in [-0.25, -0.2) is 4.79 Å². The highest BCUT2D eigenvalue weighted by atomic mass is 16.5. The number of carbonyl (C=O) groups is 1. The number of aromatic carboxylic acids is 1. The first-order chi connectivity index (χ1) is 9.38. The van der Waals surface area contributed by atoms with Gasteiger partial charge in [-0.2, -0.15) is 4.98 Å². The largest absolute Gasteiger partial charge is 0.478 e. The molecule has 6 heteroatoms. The average Bonchev–Trinajstić information content (AvgIpc) is 2.84. The Kier molecular flexibility index (Phi) is 3.85. The maximum absolute atomic E-state index is 10.9. The molecule has 0 atom stereocenters. The molecule has 1 heterocycles. The highest BCUT2D eigenvalue weighted by Crippen LogP contribution is 2.18. The maximum atomic E-state index is 10.9. The van der Waals surface area contributed by atoms with E-state index in [1.54, 1.807) is 25.1 Å². The van der Waals surface area contributed by atoms with Crippen molar-refractivity contribution < 1.29 is 14.4 Å². The molecule has 0 spiro atoms. The van der Waals surface area contributed by atoms with Gasteiger partial charge < -0.3 is 9.63 Å². The number of hydrogen-bond acceptors (Lipinski definition) is 5. The predicted molar refractivity (Wildman–Crippen MR) is 72.3 cm³/mol. The van der Waals surface area contributed by atoms with Crippen LogP contribution in [0.25, 0.3) is 0 Å². The summed E-state index contributed by atoms with van der Waals surface area (Å²) in [5.41, 5.74) is 0.672. The lowest BCUT2D eigenvalue weighted by atomic mass is 10.0. The van der Waals surface area contributed by atoms with Crippen molar-refractivity contribution in [1.29, 1.82) is 0 Å². The Morgan fingerprint density at radius 2 is 2.20 bits per heavy atom. The van der Waals surface area contributed by atoms with Gasteiger partial charge in [0.05, 0.1) is 11.1 Å². The van der Waals surface area contributed by atoms with E-state index in [4.69, 9.17) is 9.63 Å². The molecule has 0 unspecified atom stereocenters. The molecule has 6 nitrogen and oxygen atoms in total. The van der Waals surface area contributed by atoms with Crippen LogP contribution in [0.3, 0.4) is 0 Å². The summed E-state index contributed by atoms with van der Waals surface area (Å²) < 4.78 is 5.16. The summed E-state index contributed by atoms with van der Waals surface area (Å²) in [4.78, 5) is 15.1. The van der Waals surface area contributed by atoms with Gasteiger partial charge in [-0.3, -0.25) is 5.32 Å². The summed E-state index contributed by atoms with van der Waals surface area (Å²) in [6.07, 6.45) is 0. The number of carboxylic acid groups (broad SMARTS) is 1. The van der Waals surface area contributed by atoms with Gasteiger partial charge in [-0.1, -0.05) is 17.3 Å². The summed E-state index contributed by atoms with van der Waals surface area (Å²) in [7, 11) is 0. The third-order valence-electron chi connectivity index (χ3n) is 2.97. The number of carboxylic acids is 1. The SMILES string of the molecule is Cc1noc(C(C)(C)NCc2cccc(C(=O)O)c2)n1. The summed E-state index contributed by atoms with van der Waals surface area (Å²) >= 11 is 0. The van der Waals surface area contributed by atoms with Gasteiger partial charge in [0.2, 0.25) is 5.89 Å². The van der Waals surface area contributed by atoms with E-state index < -0.39 is 11.5 Å². The molecular formula is C14H17N3O3. The van der Waals surface area contributed by atoms with Gasteiger partial charge in [0.1, 0.15) is 0 Å². The highest BCUT2D eigenvalue weighted by molar-refractivity contribution is 5.87. The Balaban J connectivity index is 2.08. The molecule has 0 radical (unpaired) electrons. The quantitative estimate of drug-likeness (QED) is 0.868. The van der Waals surface area contributed by atoms with Crippen LogP contribution in [0.2, 0.25) is 0 Å². The van der Waals surface area contributed by atoms with Gasteiger partial charge in [-0.15, -0.1) is 0 Å². The highest BCUT2D eigenvalue weighted by Gasteiger charge is 2.26. The third kappa shape index (κ3) is 3.21. The molecule has 0 aliphatic carbocycles. The van der Waals surface area contributed by atoms with Crippen LogP contribution in [0.5, 0.6) is 0 Å². The van der Waals surface area contributed by atoms with E-state index >= 15 is 0 Å². The first-order valence-electron chi connectivity index (χ1n) is 6.26. The average molecular weight is 275 g/mol. The van der Waals surface area contributed by atoms with Crippen molar-refractivity contribution in [3.63, 3.8) is 0 Å². The monoisotopic (exact) mass is 275 g/mol. The Bertz CT molecular complexity index is 620. The van der Waals surface area contributed by atoms with E-state index in [0.717, 1.165) is 5.56 Å². The maximum Gasteiger partial charge on any atom is 0.335 e. The number of aryl methyl sites for hydroxylation is 1. The smallest absolute Gasteiger partial charge is 0.335 e. The number of benzene rings is 1. The second-order valence-electron chi connectivity index (χ2n) is 5.13. The molecule has 20 heavy (non-hydrogen) atoms. The predicted octanol–water partition coefficient (Wildman–Crippen LogP) is 2.10. The van der Waals surface area contributed by atoms with Crippen molar-refractivity contribution in [3.8, 4) is 0 Å². The Hall–Kier alpha value is -2.21. The van der Waals surface area contributed by atoms with Crippen LogP contribution < -0.4 is 5.32 Å². The molecule has 0 aliphatic heterocycles. The van der Waals surface area contributed by atoms with E-state index in [1.165, 1.54) is 0 Å². The van der Waals surface area contributed by atoms with E-state index in [0.29, 0.717) is 18.3 Å². The number of nitrogens with one attached hydrogen (secondary N) is 1. The molecule has 106 valence electrons. The molecule has 2 N–H and O–H groups in total. The summed E-state index contributed by atoms with van der Waals surface area (Å²) in [5.74, 6) is 0.158. The number of aromatic nitrogens is 2. The van der Waals surface area contributed by atoms with Gasteiger partial charge in [0.15, 0.2) is 5.82 Å². The van der Waals surface area contributed by atoms with Crippen LogP contribution in [0.1, 0.15) is 41.5 Å². The zero-order valence-corrected chi connectivity index (χ0v) is 11.7. The topological polar surface area (TPSA) is 88.2 Å². The molecule has 0 amide bonds. The number of rotatable bonds is 5. The molecule has 0 aliphatic rings. The van der Waals surface area contributed by atoms with Crippen LogP contribution in [0.4, 0.5) is 0 Å². The van der Waals surface area contributed by atoms with Crippen LogP contribution in [-0.4, -0.2) is 21.2 Å². The fourth-order valence-corrected chi connectivity index (χ4v) is 1.76. The Labute approximate surface area is 116 Å². The minimum Gasteiger partial charge on any atom is -0.478 e. The van der Waals surface area contributed by atoms with E-state index in [9.17, 15) is 4.79 Å². The minimum atomic E-state index is -0.932. The van der Waals surface area contributed by atoms with Crippen molar-refractivity contribution in [2.75, 3.05) is 0 Å². The lowest BCUT2D eigenvalue weighted by molar-refractivity contribution is 0.0696. The van der Waals surface area contributed by atoms with Crippen molar-refractivity contribution in [2.45, 2.75) is 32.9 Å². The summed E-state index contributed by atoms with van der Waals surface area (Å²) in [6.45, 7) is 6.14. The first-order valence-corrected chi connectivity index (χ1v) is 6.26. The van der Waals surface area contributed by atoms with Crippen LogP contribution in [-0.2, 0) is 12.1 Å². The van der Waals surface area contributed by atoms with Crippen LogP contribution in [0.15, 0.2) is 28.8 Å². The Morgan fingerprint density at radius 3 is 2.80 bits per heavy atom. The molecule has 1 aromatic heterocycles. The van der Waals surface area contributed by atoms with E-state index in [1.807, 2.05) is 19.9 Å². The molecule has 0 saturated carbocycles. The van der Waals surface area contributed by atoms with Gasteiger partial charge in [0, 0.05) is 6.54 Å². The first kappa shape index (κ1) is 14.2. The summed E-state index contributed by atoms with van der Waals surface area (Å²) in [5, 5.41) is 16.0. The normalized spacial score (nSPS) is 11.6. The second-order valence-corrected chi connectivity index (χ2v) is 5.13. The van der Waals surface area contributed by atoms with E-state index in [2.05, 4.69) is 15.5 Å². The zero-order chi connectivity index (χ0) is 14.8. The number of hydrogen-bond donors (Lipinski definition) is 2. The fourth-order valence-electron chi connectivity index (χ4n) is 1.76. The van der Waals surface area contributed by atoms with Crippen LogP contribution in [0, 0.1) is 6.92 Å².